The van der Waals surface area contributed by atoms with Crippen molar-refractivity contribution >= 4 is 0 Å². The second-order valence-corrected chi connectivity index (χ2v) is 5.27. The summed E-state index contributed by atoms with van der Waals surface area (Å²) in [5.74, 6) is 0.922. The van der Waals surface area contributed by atoms with Gasteiger partial charge in [0.1, 0.15) is 0 Å². The molecule has 2 aliphatic heterocycles. The summed E-state index contributed by atoms with van der Waals surface area (Å²) in [4.78, 5) is 2.77. The van der Waals surface area contributed by atoms with E-state index in [4.69, 9.17) is 0 Å². The zero-order valence-electron chi connectivity index (χ0n) is 10.2. The second kappa shape index (κ2) is 5.86. The van der Waals surface area contributed by atoms with Crippen molar-refractivity contribution < 1.29 is 0 Å². The Kier molecular flexibility index (Phi) is 4.45. The Morgan fingerprint density at radius 3 is 2.87 bits per heavy atom. The van der Waals surface area contributed by atoms with Crippen LogP contribution in [0.25, 0.3) is 0 Å². The number of rotatable bonds is 3. The lowest BCUT2D eigenvalue weighted by Crippen LogP contribution is -2.45. The highest BCUT2D eigenvalue weighted by molar-refractivity contribution is 4.80. The van der Waals surface area contributed by atoms with Gasteiger partial charge in [-0.1, -0.05) is 13.3 Å². The molecule has 0 amide bonds. The van der Waals surface area contributed by atoms with Gasteiger partial charge in [-0.25, -0.2) is 0 Å². The maximum atomic E-state index is 3.53. The average molecular weight is 210 g/mol. The van der Waals surface area contributed by atoms with Crippen molar-refractivity contribution in [3.05, 3.63) is 0 Å². The van der Waals surface area contributed by atoms with Crippen molar-refractivity contribution in [2.45, 2.75) is 51.5 Å². The Bertz CT molecular complexity index is 175. The monoisotopic (exact) mass is 210 g/mol. The predicted octanol–water partition coefficient (Wildman–Crippen LogP) is 2.25. The van der Waals surface area contributed by atoms with Gasteiger partial charge >= 0.3 is 0 Å². The van der Waals surface area contributed by atoms with Gasteiger partial charge in [0.15, 0.2) is 0 Å². The minimum atomic E-state index is 0.890. The van der Waals surface area contributed by atoms with Crippen LogP contribution in [0.3, 0.4) is 0 Å². The number of nitrogens with zero attached hydrogens (tertiary/aromatic N) is 1. The molecule has 0 saturated carbocycles. The SMILES string of the molecule is CC[C@@H]1CCCCN1C[C@H]1CCCNC1. The number of piperidine rings is 2. The topological polar surface area (TPSA) is 15.3 Å². The van der Waals surface area contributed by atoms with Crippen LogP contribution in [0.5, 0.6) is 0 Å². The summed E-state index contributed by atoms with van der Waals surface area (Å²) >= 11 is 0. The molecule has 0 radical (unpaired) electrons. The predicted molar refractivity (Wildman–Crippen MR) is 65.1 cm³/mol. The molecule has 2 heteroatoms. The zero-order chi connectivity index (χ0) is 10.5. The normalized spacial score (nSPS) is 34.2. The van der Waals surface area contributed by atoms with E-state index in [0.717, 1.165) is 12.0 Å². The van der Waals surface area contributed by atoms with Crippen LogP contribution in [0.4, 0.5) is 0 Å². The Balaban J connectivity index is 1.79. The molecule has 2 fully saturated rings. The van der Waals surface area contributed by atoms with Gasteiger partial charge in [-0.2, -0.15) is 0 Å². The van der Waals surface area contributed by atoms with E-state index >= 15 is 0 Å². The first-order valence-corrected chi connectivity index (χ1v) is 6.85. The highest BCUT2D eigenvalue weighted by Crippen LogP contribution is 2.22. The number of nitrogens with one attached hydrogen (secondary N) is 1. The van der Waals surface area contributed by atoms with Crippen LogP contribution in [0.2, 0.25) is 0 Å². The summed E-state index contributed by atoms with van der Waals surface area (Å²) in [6, 6.07) is 0.890. The first kappa shape index (κ1) is 11.4. The van der Waals surface area contributed by atoms with Gasteiger partial charge in [-0.15, -0.1) is 0 Å². The quantitative estimate of drug-likeness (QED) is 0.768. The Morgan fingerprint density at radius 1 is 1.20 bits per heavy atom. The molecular formula is C13H26N2. The van der Waals surface area contributed by atoms with Gasteiger partial charge in [0.25, 0.3) is 0 Å². The van der Waals surface area contributed by atoms with Crippen molar-refractivity contribution in [1.82, 2.24) is 10.2 Å². The lowest BCUT2D eigenvalue weighted by atomic mass is 9.94. The Labute approximate surface area is 94.4 Å². The smallest absolute Gasteiger partial charge is 0.00927 e. The molecule has 0 aromatic heterocycles. The van der Waals surface area contributed by atoms with Crippen LogP contribution in [0.15, 0.2) is 0 Å². The molecule has 2 heterocycles. The van der Waals surface area contributed by atoms with Gasteiger partial charge in [-0.05, 0) is 57.7 Å². The summed E-state index contributed by atoms with van der Waals surface area (Å²) in [5.41, 5.74) is 0. The summed E-state index contributed by atoms with van der Waals surface area (Å²) in [5, 5.41) is 3.53. The molecule has 15 heavy (non-hydrogen) atoms. The van der Waals surface area contributed by atoms with E-state index in [1.165, 1.54) is 64.7 Å². The lowest BCUT2D eigenvalue weighted by molar-refractivity contribution is 0.114. The van der Waals surface area contributed by atoms with Gasteiger partial charge in [0.05, 0.1) is 0 Å². The Morgan fingerprint density at radius 2 is 2.13 bits per heavy atom. The largest absolute Gasteiger partial charge is 0.316 e. The van der Waals surface area contributed by atoms with Crippen LogP contribution in [0, 0.1) is 5.92 Å². The maximum absolute atomic E-state index is 3.53. The molecule has 2 nitrogen and oxygen atoms in total. The molecule has 1 N–H and O–H groups in total. The standard InChI is InChI=1S/C13H26N2/c1-2-13-7-3-4-9-15(13)11-12-6-5-8-14-10-12/h12-14H,2-11H2,1H3/t12-,13+/m0/s1. The fourth-order valence-corrected chi connectivity index (χ4v) is 3.17. The van der Waals surface area contributed by atoms with E-state index in [2.05, 4.69) is 17.1 Å². The van der Waals surface area contributed by atoms with Gasteiger partial charge in [0, 0.05) is 12.6 Å². The molecule has 2 aliphatic rings. The van der Waals surface area contributed by atoms with Crippen LogP contribution in [0.1, 0.15) is 45.4 Å². The fraction of sp³-hybridized carbons (Fsp3) is 1.00. The van der Waals surface area contributed by atoms with E-state index in [-0.39, 0.29) is 0 Å². The molecule has 0 aromatic rings. The molecule has 0 spiro atoms. The van der Waals surface area contributed by atoms with E-state index < -0.39 is 0 Å². The highest BCUT2D eigenvalue weighted by Gasteiger charge is 2.24. The number of hydrogen-bond donors (Lipinski definition) is 1. The summed E-state index contributed by atoms with van der Waals surface area (Å²) < 4.78 is 0. The molecule has 2 rings (SSSR count). The van der Waals surface area contributed by atoms with E-state index in [1.807, 2.05) is 0 Å². The summed E-state index contributed by atoms with van der Waals surface area (Å²) in [6.07, 6.45) is 8.50. The second-order valence-electron chi connectivity index (χ2n) is 5.27. The van der Waals surface area contributed by atoms with E-state index in [1.54, 1.807) is 0 Å². The van der Waals surface area contributed by atoms with E-state index in [0.29, 0.717) is 0 Å². The molecular weight excluding hydrogens is 184 g/mol. The van der Waals surface area contributed by atoms with Crippen LogP contribution >= 0.6 is 0 Å². The summed E-state index contributed by atoms with van der Waals surface area (Å²) in [6.45, 7) is 7.56. The van der Waals surface area contributed by atoms with Crippen molar-refractivity contribution in [2.24, 2.45) is 5.92 Å². The number of likely N-dealkylation sites (tertiary alicyclic amines) is 1. The molecule has 0 unspecified atom stereocenters. The van der Waals surface area contributed by atoms with Crippen molar-refractivity contribution in [3.8, 4) is 0 Å². The minimum Gasteiger partial charge on any atom is -0.316 e. The molecule has 2 atom stereocenters. The fourth-order valence-electron chi connectivity index (χ4n) is 3.17. The third kappa shape index (κ3) is 3.18. The van der Waals surface area contributed by atoms with Crippen molar-refractivity contribution in [3.63, 3.8) is 0 Å². The number of hydrogen-bond acceptors (Lipinski definition) is 2. The van der Waals surface area contributed by atoms with Crippen LogP contribution < -0.4 is 5.32 Å². The molecule has 0 aliphatic carbocycles. The first-order valence-electron chi connectivity index (χ1n) is 6.85. The van der Waals surface area contributed by atoms with Gasteiger partial charge in [0.2, 0.25) is 0 Å². The van der Waals surface area contributed by atoms with Crippen molar-refractivity contribution in [2.75, 3.05) is 26.2 Å². The van der Waals surface area contributed by atoms with Crippen molar-refractivity contribution in [1.29, 1.82) is 0 Å². The third-order valence-corrected chi connectivity index (χ3v) is 4.11. The van der Waals surface area contributed by atoms with E-state index in [9.17, 15) is 0 Å². The maximum Gasteiger partial charge on any atom is 0.00927 e. The highest BCUT2D eigenvalue weighted by atomic mass is 15.2. The van der Waals surface area contributed by atoms with Gasteiger partial charge < -0.3 is 10.2 Å². The molecule has 0 aromatic carbocycles. The molecule has 88 valence electrons. The minimum absolute atomic E-state index is 0.890. The lowest BCUT2D eigenvalue weighted by Gasteiger charge is -2.38. The molecule has 2 saturated heterocycles. The molecule has 0 bridgehead atoms. The first-order chi connectivity index (χ1) is 7.40. The summed E-state index contributed by atoms with van der Waals surface area (Å²) in [7, 11) is 0. The van der Waals surface area contributed by atoms with Crippen LogP contribution in [-0.4, -0.2) is 37.1 Å². The Hall–Kier alpha value is -0.0800. The zero-order valence-corrected chi connectivity index (χ0v) is 10.2. The average Bonchev–Trinajstić information content (AvgIpc) is 2.31. The van der Waals surface area contributed by atoms with Gasteiger partial charge in [-0.3, -0.25) is 0 Å². The third-order valence-electron chi connectivity index (χ3n) is 4.11. The van der Waals surface area contributed by atoms with Crippen LogP contribution in [-0.2, 0) is 0 Å².